The van der Waals surface area contributed by atoms with Crippen LogP contribution in [0.2, 0.25) is 0 Å². The van der Waals surface area contributed by atoms with Crippen LogP contribution in [0.1, 0.15) is 65.7 Å². The summed E-state index contributed by atoms with van der Waals surface area (Å²) in [6.45, 7) is 7.05. The summed E-state index contributed by atoms with van der Waals surface area (Å²) in [7, 11) is 4.45. The number of nitrogens with one attached hydrogen (secondary N) is 1. The molecule has 0 aromatic carbocycles. The summed E-state index contributed by atoms with van der Waals surface area (Å²) in [5, 5.41) is 3.56. The van der Waals surface area contributed by atoms with E-state index in [9.17, 15) is 0 Å². The lowest BCUT2D eigenvalue weighted by Crippen LogP contribution is -2.55. The molecule has 2 atom stereocenters. The predicted molar refractivity (Wildman–Crippen MR) is 76.5 cm³/mol. The predicted octanol–water partition coefficient (Wildman–Crippen LogP) is 3.42. The van der Waals surface area contributed by atoms with Crippen LogP contribution in [0.5, 0.6) is 0 Å². The molecule has 1 fully saturated rings. The van der Waals surface area contributed by atoms with Gasteiger partial charge in [0.25, 0.3) is 0 Å². The lowest BCUT2D eigenvalue weighted by Gasteiger charge is -2.45. The number of hydrogen-bond acceptors (Lipinski definition) is 2. The monoisotopic (exact) mass is 240 g/mol. The quantitative estimate of drug-likeness (QED) is 0.810. The summed E-state index contributed by atoms with van der Waals surface area (Å²) in [6.07, 6.45) is 9.54. The Balaban J connectivity index is 2.73. The van der Waals surface area contributed by atoms with Crippen molar-refractivity contribution in [3.8, 4) is 0 Å². The average Bonchev–Trinajstić information content (AvgIpc) is 2.28. The van der Waals surface area contributed by atoms with E-state index in [0.717, 1.165) is 0 Å². The molecule has 0 aromatic rings. The van der Waals surface area contributed by atoms with Gasteiger partial charge in [0.2, 0.25) is 0 Å². The highest BCUT2D eigenvalue weighted by Crippen LogP contribution is 2.27. The molecule has 0 amide bonds. The van der Waals surface area contributed by atoms with E-state index in [1.165, 1.54) is 44.9 Å². The molecule has 102 valence electrons. The van der Waals surface area contributed by atoms with E-state index >= 15 is 0 Å². The third-order valence-electron chi connectivity index (χ3n) is 4.92. The van der Waals surface area contributed by atoms with Crippen LogP contribution in [0.3, 0.4) is 0 Å². The zero-order chi connectivity index (χ0) is 12.9. The average molecular weight is 240 g/mol. The molecule has 0 heterocycles. The van der Waals surface area contributed by atoms with Gasteiger partial charge in [-0.3, -0.25) is 4.90 Å². The van der Waals surface area contributed by atoms with Crippen molar-refractivity contribution in [1.82, 2.24) is 10.2 Å². The van der Waals surface area contributed by atoms with Gasteiger partial charge in [0.1, 0.15) is 0 Å². The van der Waals surface area contributed by atoms with Gasteiger partial charge in [-0.25, -0.2) is 0 Å². The molecule has 1 rings (SSSR count). The Morgan fingerprint density at radius 1 is 1.12 bits per heavy atom. The first-order chi connectivity index (χ1) is 8.03. The van der Waals surface area contributed by atoms with Gasteiger partial charge in [-0.1, -0.05) is 32.6 Å². The zero-order valence-electron chi connectivity index (χ0n) is 12.6. The molecule has 0 aliphatic heterocycles. The summed E-state index contributed by atoms with van der Waals surface area (Å²) < 4.78 is 0. The Morgan fingerprint density at radius 3 is 2.24 bits per heavy atom. The molecule has 1 saturated carbocycles. The molecule has 0 radical (unpaired) electrons. The van der Waals surface area contributed by atoms with Crippen LogP contribution in [-0.2, 0) is 0 Å². The van der Waals surface area contributed by atoms with Crippen LogP contribution in [0.4, 0.5) is 0 Å². The van der Waals surface area contributed by atoms with E-state index in [0.29, 0.717) is 17.6 Å². The molecule has 0 saturated heterocycles. The SMILES string of the molecule is CCC(C)(C)N(C)C1CCCCCCC1NC. The summed E-state index contributed by atoms with van der Waals surface area (Å²) in [4.78, 5) is 2.62. The van der Waals surface area contributed by atoms with Crippen LogP contribution in [0.25, 0.3) is 0 Å². The first-order valence-corrected chi connectivity index (χ1v) is 7.43. The molecule has 0 aromatic heterocycles. The van der Waals surface area contributed by atoms with Crippen LogP contribution in [-0.4, -0.2) is 36.6 Å². The summed E-state index contributed by atoms with van der Waals surface area (Å²) >= 11 is 0. The third kappa shape index (κ3) is 3.96. The van der Waals surface area contributed by atoms with Crippen molar-refractivity contribution >= 4 is 0 Å². The van der Waals surface area contributed by atoms with Crippen molar-refractivity contribution in [3.63, 3.8) is 0 Å². The van der Waals surface area contributed by atoms with E-state index in [4.69, 9.17) is 0 Å². The molecular formula is C15H32N2. The fraction of sp³-hybridized carbons (Fsp3) is 1.00. The molecule has 0 spiro atoms. The largest absolute Gasteiger partial charge is 0.315 e. The van der Waals surface area contributed by atoms with Crippen molar-refractivity contribution in [2.75, 3.05) is 14.1 Å². The molecular weight excluding hydrogens is 208 g/mol. The van der Waals surface area contributed by atoms with E-state index in [1.807, 2.05) is 0 Å². The van der Waals surface area contributed by atoms with Gasteiger partial charge in [0.05, 0.1) is 0 Å². The maximum atomic E-state index is 3.56. The number of likely N-dealkylation sites (N-methyl/N-ethyl adjacent to an activating group) is 2. The third-order valence-corrected chi connectivity index (χ3v) is 4.92. The standard InChI is InChI=1S/C15H32N2/c1-6-15(2,3)17(5)14-12-10-8-7-9-11-13(14)16-4/h13-14,16H,6-12H2,1-5H3. The molecule has 17 heavy (non-hydrogen) atoms. The lowest BCUT2D eigenvalue weighted by atomic mass is 9.88. The van der Waals surface area contributed by atoms with E-state index in [2.05, 4.69) is 45.1 Å². The van der Waals surface area contributed by atoms with Crippen molar-refractivity contribution in [2.45, 2.75) is 83.3 Å². The first kappa shape index (κ1) is 15.0. The van der Waals surface area contributed by atoms with Crippen LogP contribution in [0.15, 0.2) is 0 Å². The number of nitrogens with zero attached hydrogens (tertiary/aromatic N) is 1. The Bertz CT molecular complexity index is 213. The summed E-state index contributed by atoms with van der Waals surface area (Å²) in [6, 6.07) is 1.38. The molecule has 2 unspecified atom stereocenters. The van der Waals surface area contributed by atoms with E-state index in [1.54, 1.807) is 0 Å². The molecule has 1 N–H and O–H groups in total. The van der Waals surface area contributed by atoms with Gasteiger partial charge in [-0.15, -0.1) is 0 Å². The second-order valence-electron chi connectivity index (χ2n) is 6.23. The van der Waals surface area contributed by atoms with Gasteiger partial charge in [-0.2, -0.15) is 0 Å². The highest BCUT2D eigenvalue weighted by Gasteiger charge is 2.32. The fourth-order valence-electron chi connectivity index (χ4n) is 2.96. The Hall–Kier alpha value is -0.0800. The van der Waals surface area contributed by atoms with Crippen molar-refractivity contribution in [1.29, 1.82) is 0 Å². The normalized spacial score (nSPS) is 27.9. The van der Waals surface area contributed by atoms with Gasteiger partial charge < -0.3 is 5.32 Å². The van der Waals surface area contributed by atoms with Crippen LogP contribution in [0, 0.1) is 0 Å². The maximum absolute atomic E-state index is 3.56. The van der Waals surface area contributed by atoms with E-state index in [-0.39, 0.29) is 0 Å². The molecule has 0 bridgehead atoms. The maximum Gasteiger partial charge on any atom is 0.0251 e. The van der Waals surface area contributed by atoms with Crippen molar-refractivity contribution in [2.24, 2.45) is 0 Å². The van der Waals surface area contributed by atoms with Crippen LogP contribution >= 0.6 is 0 Å². The molecule has 2 heteroatoms. The molecule has 1 aliphatic carbocycles. The second kappa shape index (κ2) is 6.75. The van der Waals surface area contributed by atoms with Crippen molar-refractivity contribution < 1.29 is 0 Å². The number of hydrogen-bond donors (Lipinski definition) is 1. The van der Waals surface area contributed by atoms with E-state index < -0.39 is 0 Å². The van der Waals surface area contributed by atoms with Gasteiger partial charge in [0.15, 0.2) is 0 Å². The van der Waals surface area contributed by atoms with Gasteiger partial charge in [-0.05, 0) is 47.2 Å². The smallest absolute Gasteiger partial charge is 0.0251 e. The zero-order valence-corrected chi connectivity index (χ0v) is 12.6. The molecule has 2 nitrogen and oxygen atoms in total. The number of rotatable bonds is 4. The minimum Gasteiger partial charge on any atom is -0.315 e. The highest BCUT2D eigenvalue weighted by atomic mass is 15.2. The highest BCUT2D eigenvalue weighted by molar-refractivity contribution is 4.90. The Labute approximate surface area is 108 Å². The van der Waals surface area contributed by atoms with Crippen LogP contribution < -0.4 is 5.32 Å². The minimum absolute atomic E-state index is 0.318. The lowest BCUT2D eigenvalue weighted by molar-refractivity contribution is 0.0632. The van der Waals surface area contributed by atoms with Gasteiger partial charge in [0, 0.05) is 17.6 Å². The minimum atomic E-state index is 0.318. The van der Waals surface area contributed by atoms with Gasteiger partial charge >= 0.3 is 0 Å². The molecule has 1 aliphatic rings. The van der Waals surface area contributed by atoms with Crippen molar-refractivity contribution in [3.05, 3.63) is 0 Å². The summed E-state index contributed by atoms with van der Waals surface area (Å²) in [5.41, 5.74) is 0.318. The Kier molecular flexibility index (Phi) is 5.94. The first-order valence-electron chi connectivity index (χ1n) is 7.43. The fourth-order valence-corrected chi connectivity index (χ4v) is 2.96. The topological polar surface area (TPSA) is 15.3 Å². The Morgan fingerprint density at radius 2 is 1.71 bits per heavy atom. The second-order valence-corrected chi connectivity index (χ2v) is 6.23. The summed E-state index contributed by atoms with van der Waals surface area (Å²) in [5.74, 6) is 0.